The molecule has 2 aromatic rings. The number of benzene rings is 2. The molecule has 2 aliphatic heterocycles. The van der Waals surface area contributed by atoms with Gasteiger partial charge >= 0.3 is 11.9 Å². The van der Waals surface area contributed by atoms with Gasteiger partial charge in [-0.05, 0) is 61.6 Å². The standard InChI is InChI=1S/C27H28Cl2N2O5S/c28-24-17(7-9-23(32)30-13-10-18(11-14-30)26(33)34)6-8-22(25(24)29)37-21-5-1-4-20(15-21)31-12-2-3-19(16-31)27(35)36/h1,4-9,15,18-19H,2-3,10-14,16H2,(H,33,34)(H,35,36). The van der Waals surface area contributed by atoms with Crippen LogP contribution in [0.15, 0.2) is 52.3 Å². The molecule has 1 atom stereocenters. The van der Waals surface area contributed by atoms with E-state index in [1.165, 1.54) is 17.8 Å². The van der Waals surface area contributed by atoms with Crippen molar-refractivity contribution in [3.63, 3.8) is 0 Å². The van der Waals surface area contributed by atoms with E-state index in [4.69, 9.17) is 28.3 Å². The van der Waals surface area contributed by atoms with E-state index in [0.717, 1.165) is 28.4 Å². The Morgan fingerprint density at radius 2 is 1.65 bits per heavy atom. The van der Waals surface area contributed by atoms with Crippen molar-refractivity contribution in [2.45, 2.75) is 35.5 Å². The second-order valence-electron chi connectivity index (χ2n) is 9.27. The number of rotatable bonds is 7. The molecular weight excluding hydrogens is 535 g/mol. The summed E-state index contributed by atoms with van der Waals surface area (Å²) >= 11 is 14.6. The molecule has 2 aliphatic rings. The first-order chi connectivity index (χ1) is 17.7. The Labute approximate surface area is 230 Å². The van der Waals surface area contributed by atoms with Crippen LogP contribution < -0.4 is 4.90 Å². The molecular formula is C27H28Cl2N2O5S. The number of likely N-dealkylation sites (tertiary alicyclic amines) is 1. The Kier molecular flexibility index (Phi) is 9.05. The zero-order valence-corrected chi connectivity index (χ0v) is 22.4. The lowest BCUT2D eigenvalue weighted by Gasteiger charge is -2.32. The van der Waals surface area contributed by atoms with Gasteiger partial charge in [0.25, 0.3) is 0 Å². The molecule has 10 heteroatoms. The van der Waals surface area contributed by atoms with Gasteiger partial charge in [0.05, 0.1) is 21.9 Å². The summed E-state index contributed by atoms with van der Waals surface area (Å²) in [5, 5.41) is 19.2. The normalized spacial score (nSPS) is 18.8. The third kappa shape index (κ3) is 6.80. The molecule has 4 rings (SSSR count). The molecule has 7 nitrogen and oxygen atoms in total. The first kappa shape index (κ1) is 27.4. The van der Waals surface area contributed by atoms with E-state index < -0.39 is 17.9 Å². The molecule has 0 saturated carbocycles. The Hall–Kier alpha value is -2.68. The number of hydrogen-bond donors (Lipinski definition) is 2. The number of anilines is 1. The first-order valence-corrected chi connectivity index (χ1v) is 13.7. The Morgan fingerprint density at radius 1 is 0.919 bits per heavy atom. The van der Waals surface area contributed by atoms with Gasteiger partial charge in [0.2, 0.25) is 5.91 Å². The van der Waals surface area contributed by atoms with Crippen molar-refractivity contribution in [1.29, 1.82) is 0 Å². The van der Waals surface area contributed by atoms with Crippen LogP contribution in [0.4, 0.5) is 5.69 Å². The molecule has 0 aliphatic carbocycles. The molecule has 37 heavy (non-hydrogen) atoms. The number of halogens is 2. The summed E-state index contributed by atoms with van der Waals surface area (Å²) in [5.41, 5.74) is 1.59. The van der Waals surface area contributed by atoms with Crippen molar-refractivity contribution in [3.8, 4) is 0 Å². The van der Waals surface area contributed by atoms with E-state index in [-0.39, 0.29) is 11.8 Å². The van der Waals surface area contributed by atoms with Crippen LogP contribution in [0.2, 0.25) is 10.0 Å². The number of carbonyl (C=O) groups is 3. The minimum atomic E-state index is -0.813. The number of amides is 1. The summed E-state index contributed by atoms with van der Waals surface area (Å²) in [4.78, 5) is 40.6. The summed E-state index contributed by atoms with van der Waals surface area (Å²) in [5.74, 6) is -2.51. The molecule has 0 radical (unpaired) electrons. The second-order valence-corrected chi connectivity index (χ2v) is 11.1. The second kappa shape index (κ2) is 12.2. The molecule has 0 bridgehead atoms. The molecule has 2 saturated heterocycles. The van der Waals surface area contributed by atoms with Crippen LogP contribution in [-0.2, 0) is 14.4 Å². The lowest BCUT2D eigenvalue weighted by molar-refractivity contribution is -0.145. The number of carboxylic acid groups (broad SMARTS) is 2. The van der Waals surface area contributed by atoms with Gasteiger partial charge < -0.3 is 20.0 Å². The molecule has 0 aromatic heterocycles. The highest BCUT2D eigenvalue weighted by Crippen LogP contribution is 2.40. The highest BCUT2D eigenvalue weighted by molar-refractivity contribution is 7.99. The molecule has 2 N–H and O–H groups in total. The molecule has 0 spiro atoms. The van der Waals surface area contributed by atoms with Crippen LogP contribution >= 0.6 is 35.0 Å². The predicted molar refractivity (Wildman–Crippen MR) is 146 cm³/mol. The van der Waals surface area contributed by atoms with E-state index >= 15 is 0 Å². The summed E-state index contributed by atoms with van der Waals surface area (Å²) in [6, 6.07) is 11.6. The lowest BCUT2D eigenvalue weighted by Crippen LogP contribution is -2.39. The van der Waals surface area contributed by atoms with E-state index in [9.17, 15) is 19.5 Å². The summed E-state index contributed by atoms with van der Waals surface area (Å²) in [7, 11) is 0. The fraction of sp³-hybridized carbons (Fsp3) is 0.370. The number of piperidine rings is 2. The maximum Gasteiger partial charge on any atom is 0.308 e. The van der Waals surface area contributed by atoms with Gasteiger partial charge in [-0.3, -0.25) is 14.4 Å². The third-order valence-corrected chi connectivity index (χ3v) is 8.88. The van der Waals surface area contributed by atoms with Crippen LogP contribution in [0.25, 0.3) is 6.08 Å². The SMILES string of the molecule is O=C(O)C1CCN(C(=O)C=Cc2ccc(Sc3cccc(N4CCCC(C(=O)O)C4)c3)c(Cl)c2Cl)CC1. The highest BCUT2D eigenvalue weighted by atomic mass is 35.5. The number of hydrogen-bond acceptors (Lipinski definition) is 5. The van der Waals surface area contributed by atoms with Crippen LogP contribution in [0.1, 0.15) is 31.2 Å². The zero-order chi connectivity index (χ0) is 26.5. The van der Waals surface area contributed by atoms with Gasteiger partial charge in [0.15, 0.2) is 0 Å². The minimum absolute atomic E-state index is 0.186. The van der Waals surface area contributed by atoms with Crippen LogP contribution in [-0.4, -0.2) is 59.1 Å². The van der Waals surface area contributed by atoms with Gasteiger partial charge in [-0.2, -0.15) is 0 Å². The Morgan fingerprint density at radius 3 is 2.35 bits per heavy atom. The van der Waals surface area contributed by atoms with Crippen molar-refractivity contribution in [2.24, 2.45) is 11.8 Å². The lowest BCUT2D eigenvalue weighted by atomic mass is 9.97. The number of carbonyl (C=O) groups excluding carboxylic acids is 1. The van der Waals surface area contributed by atoms with Crippen LogP contribution in [0, 0.1) is 11.8 Å². The molecule has 1 unspecified atom stereocenters. The zero-order valence-electron chi connectivity index (χ0n) is 20.1. The average Bonchev–Trinajstić information content (AvgIpc) is 2.91. The Bertz CT molecular complexity index is 1210. The minimum Gasteiger partial charge on any atom is -0.481 e. The van der Waals surface area contributed by atoms with Crippen molar-refractivity contribution in [1.82, 2.24) is 4.90 Å². The monoisotopic (exact) mass is 562 g/mol. The van der Waals surface area contributed by atoms with Gasteiger partial charge in [0.1, 0.15) is 0 Å². The van der Waals surface area contributed by atoms with Gasteiger partial charge in [0, 0.05) is 47.7 Å². The third-order valence-electron chi connectivity index (χ3n) is 6.82. The van der Waals surface area contributed by atoms with E-state index in [0.29, 0.717) is 54.5 Å². The molecule has 1 amide bonds. The number of aliphatic carboxylic acids is 2. The van der Waals surface area contributed by atoms with Gasteiger partial charge in [-0.15, -0.1) is 0 Å². The smallest absolute Gasteiger partial charge is 0.308 e. The van der Waals surface area contributed by atoms with Crippen LogP contribution in [0.5, 0.6) is 0 Å². The summed E-state index contributed by atoms with van der Waals surface area (Å²) in [6.45, 7) is 2.14. The van der Waals surface area contributed by atoms with E-state index in [1.807, 2.05) is 36.4 Å². The van der Waals surface area contributed by atoms with Crippen LogP contribution in [0.3, 0.4) is 0 Å². The molecule has 2 aromatic carbocycles. The van der Waals surface area contributed by atoms with Crippen molar-refractivity contribution < 1.29 is 24.6 Å². The molecule has 2 fully saturated rings. The van der Waals surface area contributed by atoms with Crippen molar-refractivity contribution in [3.05, 3.63) is 58.1 Å². The van der Waals surface area contributed by atoms with Crippen molar-refractivity contribution >= 4 is 64.6 Å². The first-order valence-electron chi connectivity index (χ1n) is 12.2. The maximum absolute atomic E-state index is 12.5. The van der Waals surface area contributed by atoms with Crippen molar-refractivity contribution in [2.75, 3.05) is 31.1 Å². The largest absolute Gasteiger partial charge is 0.481 e. The topological polar surface area (TPSA) is 98.2 Å². The predicted octanol–water partition coefficient (Wildman–Crippen LogP) is 5.78. The quantitative estimate of drug-likeness (QED) is 0.412. The number of carboxylic acids is 2. The maximum atomic E-state index is 12.5. The van der Waals surface area contributed by atoms with Gasteiger partial charge in [-0.1, -0.05) is 47.1 Å². The highest BCUT2D eigenvalue weighted by Gasteiger charge is 2.27. The van der Waals surface area contributed by atoms with E-state index in [1.54, 1.807) is 11.0 Å². The number of nitrogens with zero attached hydrogens (tertiary/aromatic N) is 2. The van der Waals surface area contributed by atoms with Gasteiger partial charge in [-0.25, -0.2) is 0 Å². The summed E-state index contributed by atoms with van der Waals surface area (Å²) < 4.78 is 0. The summed E-state index contributed by atoms with van der Waals surface area (Å²) in [6.07, 6.45) is 5.51. The van der Waals surface area contributed by atoms with E-state index in [2.05, 4.69) is 4.90 Å². The molecule has 196 valence electrons. The average molecular weight is 564 g/mol. The molecule has 2 heterocycles. The fourth-order valence-electron chi connectivity index (χ4n) is 4.65. The fourth-order valence-corrected chi connectivity index (χ4v) is 6.13. The Balaban J connectivity index is 1.41.